The summed E-state index contributed by atoms with van der Waals surface area (Å²) in [7, 11) is 3.99. The monoisotopic (exact) mass is 376 g/mol. The van der Waals surface area contributed by atoms with Crippen LogP contribution in [0.5, 0.6) is 0 Å². The number of aromatic nitrogens is 3. The maximum Gasteiger partial charge on any atom is 0.316 e. The minimum Gasteiger partial charge on any atom is -0.465 e. The van der Waals surface area contributed by atoms with E-state index in [0.29, 0.717) is 23.6 Å². The molecule has 0 unspecified atom stereocenters. The largest absolute Gasteiger partial charge is 0.465 e. The van der Waals surface area contributed by atoms with E-state index in [-0.39, 0.29) is 11.7 Å². The summed E-state index contributed by atoms with van der Waals surface area (Å²) in [5, 5.41) is 11.3. The van der Waals surface area contributed by atoms with Crippen LogP contribution in [0.4, 0.5) is 11.6 Å². The highest BCUT2D eigenvalue weighted by Crippen LogP contribution is 2.14. The van der Waals surface area contributed by atoms with Gasteiger partial charge < -0.3 is 9.64 Å². The number of nitrogens with one attached hydrogen (secondary N) is 2. The van der Waals surface area contributed by atoms with Gasteiger partial charge in [-0.3, -0.25) is 4.79 Å². The number of benzene rings is 1. The zero-order valence-corrected chi connectivity index (χ0v) is 16.2. The molecule has 2 rings (SSSR count). The van der Waals surface area contributed by atoms with Crippen LogP contribution in [0.1, 0.15) is 19.4 Å². The molecule has 26 heavy (non-hydrogen) atoms. The summed E-state index contributed by atoms with van der Waals surface area (Å²) >= 11 is 1.21. The van der Waals surface area contributed by atoms with Crippen LogP contribution >= 0.6 is 11.8 Å². The van der Waals surface area contributed by atoms with Gasteiger partial charge in [0.2, 0.25) is 11.1 Å². The summed E-state index contributed by atoms with van der Waals surface area (Å²) in [5.74, 6) is 0.623. The van der Waals surface area contributed by atoms with Crippen molar-refractivity contribution in [1.29, 1.82) is 0 Å². The molecule has 1 aromatic carbocycles. The molecule has 1 heterocycles. The van der Waals surface area contributed by atoms with Crippen molar-refractivity contribution >= 4 is 35.6 Å². The minimum atomic E-state index is -0.276. The number of nitrogens with zero attached hydrogens (tertiary/aromatic N) is 4. The zero-order chi connectivity index (χ0) is 18.9. The first-order chi connectivity index (χ1) is 12.4. The number of aromatic amines is 1. The Hall–Kier alpha value is -2.55. The van der Waals surface area contributed by atoms with E-state index in [1.54, 1.807) is 6.21 Å². The molecule has 0 saturated heterocycles. The van der Waals surface area contributed by atoms with Crippen molar-refractivity contribution in [3.8, 4) is 0 Å². The molecule has 0 saturated carbocycles. The lowest BCUT2D eigenvalue weighted by atomic mass is 10.2. The highest BCUT2D eigenvalue weighted by atomic mass is 32.2. The third-order valence-corrected chi connectivity index (χ3v) is 3.98. The van der Waals surface area contributed by atoms with E-state index in [9.17, 15) is 4.79 Å². The van der Waals surface area contributed by atoms with Gasteiger partial charge in [0, 0.05) is 19.8 Å². The molecular formula is C17H24N6O2S. The van der Waals surface area contributed by atoms with Crippen molar-refractivity contribution in [3.05, 3.63) is 29.8 Å². The number of thioether (sulfide) groups is 1. The maximum absolute atomic E-state index is 11.6. The molecule has 8 nitrogen and oxygen atoms in total. The van der Waals surface area contributed by atoms with Gasteiger partial charge in [0.05, 0.1) is 18.6 Å². The summed E-state index contributed by atoms with van der Waals surface area (Å²) in [6.45, 7) is 4.40. The molecule has 9 heteroatoms. The second-order valence-corrected chi connectivity index (χ2v) is 7.13. The molecule has 0 aliphatic carbocycles. The number of carbonyl (C=O) groups excluding carboxylic acids is 1. The lowest BCUT2D eigenvalue weighted by Crippen LogP contribution is -2.11. The molecule has 2 aromatic rings. The Labute approximate surface area is 157 Å². The molecule has 140 valence electrons. The van der Waals surface area contributed by atoms with Crippen LogP contribution in [0, 0.1) is 5.92 Å². The molecule has 0 bridgehead atoms. The summed E-state index contributed by atoms with van der Waals surface area (Å²) in [6.07, 6.45) is 1.69. The van der Waals surface area contributed by atoms with Crippen molar-refractivity contribution in [3.63, 3.8) is 0 Å². The Morgan fingerprint density at radius 1 is 1.38 bits per heavy atom. The highest BCUT2D eigenvalue weighted by Gasteiger charge is 2.09. The molecular weight excluding hydrogens is 352 g/mol. The molecule has 0 fully saturated rings. The van der Waals surface area contributed by atoms with Gasteiger partial charge in [-0.2, -0.15) is 10.1 Å². The summed E-state index contributed by atoms with van der Waals surface area (Å²) in [4.78, 5) is 17.8. The van der Waals surface area contributed by atoms with Crippen molar-refractivity contribution in [2.24, 2.45) is 11.0 Å². The van der Waals surface area contributed by atoms with Crippen LogP contribution < -0.4 is 10.3 Å². The molecule has 0 aliphatic heterocycles. The molecule has 0 amide bonds. The number of H-pyrrole nitrogens is 1. The van der Waals surface area contributed by atoms with Gasteiger partial charge in [0.15, 0.2) is 0 Å². The first kappa shape index (κ1) is 19.8. The molecule has 2 N–H and O–H groups in total. The van der Waals surface area contributed by atoms with E-state index >= 15 is 0 Å². The molecule has 0 aliphatic rings. The van der Waals surface area contributed by atoms with E-state index in [2.05, 4.69) is 25.7 Å². The average Bonchev–Trinajstić information content (AvgIpc) is 3.06. The van der Waals surface area contributed by atoms with Crippen LogP contribution in [-0.2, 0) is 9.53 Å². The Bertz CT molecular complexity index is 727. The number of esters is 1. The predicted octanol–water partition coefficient (Wildman–Crippen LogP) is 2.61. The lowest BCUT2D eigenvalue weighted by Gasteiger charge is -2.11. The van der Waals surface area contributed by atoms with Gasteiger partial charge >= 0.3 is 5.97 Å². The maximum atomic E-state index is 11.6. The smallest absolute Gasteiger partial charge is 0.316 e. The number of ether oxygens (including phenoxy) is 1. The van der Waals surface area contributed by atoms with E-state index in [1.165, 1.54) is 11.8 Å². The summed E-state index contributed by atoms with van der Waals surface area (Å²) < 4.78 is 5.10. The second-order valence-electron chi connectivity index (χ2n) is 6.19. The number of rotatable bonds is 9. The van der Waals surface area contributed by atoms with Gasteiger partial charge in [-0.1, -0.05) is 37.7 Å². The number of hydrogen-bond acceptors (Lipinski definition) is 8. The molecule has 0 radical (unpaired) electrons. The fourth-order valence-electron chi connectivity index (χ4n) is 1.81. The van der Waals surface area contributed by atoms with Gasteiger partial charge in [-0.15, -0.1) is 5.10 Å². The highest BCUT2D eigenvalue weighted by molar-refractivity contribution is 7.99. The number of anilines is 2. The third kappa shape index (κ3) is 6.75. The van der Waals surface area contributed by atoms with E-state index < -0.39 is 0 Å². The fraction of sp³-hybridized carbons (Fsp3) is 0.412. The average molecular weight is 376 g/mol. The van der Waals surface area contributed by atoms with Crippen molar-refractivity contribution in [2.75, 3.05) is 36.8 Å². The molecule has 0 spiro atoms. The first-order valence-corrected chi connectivity index (χ1v) is 9.20. The van der Waals surface area contributed by atoms with Crippen LogP contribution in [0.15, 0.2) is 34.5 Å². The Balaban J connectivity index is 1.78. The van der Waals surface area contributed by atoms with Crippen LogP contribution in [-0.4, -0.2) is 53.8 Å². The topological polar surface area (TPSA) is 95.5 Å². The number of hydrazone groups is 1. The Morgan fingerprint density at radius 3 is 2.77 bits per heavy atom. The standard InChI is InChI=1S/C17H24N6O2S/c1-12(2)10-25-15(24)11-26-17-19-16(21-22-17)20-18-9-13-5-7-14(8-6-13)23(3)4/h5-9,12H,10-11H2,1-4H3,(H2,19,20,21,22)/b18-9-. The first-order valence-electron chi connectivity index (χ1n) is 8.21. The van der Waals surface area contributed by atoms with Crippen LogP contribution in [0.25, 0.3) is 0 Å². The second kappa shape index (κ2) is 9.81. The molecule has 0 atom stereocenters. The Morgan fingerprint density at radius 2 is 2.12 bits per heavy atom. The minimum absolute atomic E-state index is 0.172. The number of hydrogen-bond donors (Lipinski definition) is 2. The quantitative estimate of drug-likeness (QED) is 0.301. The third-order valence-electron chi connectivity index (χ3n) is 3.16. The van der Waals surface area contributed by atoms with Gasteiger partial charge in [0.1, 0.15) is 0 Å². The van der Waals surface area contributed by atoms with Crippen molar-refractivity contribution < 1.29 is 9.53 Å². The normalized spacial score (nSPS) is 11.1. The van der Waals surface area contributed by atoms with E-state index in [0.717, 1.165) is 11.3 Å². The Kier molecular flexibility index (Phi) is 7.46. The van der Waals surface area contributed by atoms with Gasteiger partial charge in [-0.05, 0) is 23.6 Å². The van der Waals surface area contributed by atoms with Crippen LogP contribution in [0.2, 0.25) is 0 Å². The van der Waals surface area contributed by atoms with E-state index in [1.807, 2.05) is 57.1 Å². The lowest BCUT2D eigenvalue weighted by molar-refractivity contribution is -0.141. The van der Waals surface area contributed by atoms with Crippen LogP contribution in [0.3, 0.4) is 0 Å². The molecule has 1 aromatic heterocycles. The summed E-state index contributed by atoms with van der Waals surface area (Å²) in [5.41, 5.74) is 4.87. The fourth-order valence-corrected chi connectivity index (χ4v) is 2.41. The van der Waals surface area contributed by atoms with Gasteiger partial charge in [0.25, 0.3) is 0 Å². The van der Waals surface area contributed by atoms with Crippen molar-refractivity contribution in [2.45, 2.75) is 19.0 Å². The summed E-state index contributed by atoms with van der Waals surface area (Å²) in [6, 6.07) is 7.99. The van der Waals surface area contributed by atoms with Gasteiger partial charge in [-0.25, -0.2) is 10.5 Å². The predicted molar refractivity (Wildman–Crippen MR) is 105 cm³/mol. The SMILES string of the molecule is CC(C)COC(=O)CSc1n[nH]c(N/N=C\c2ccc(N(C)C)cc2)n1. The van der Waals surface area contributed by atoms with Crippen molar-refractivity contribution in [1.82, 2.24) is 15.2 Å². The zero-order valence-electron chi connectivity index (χ0n) is 15.4. The van der Waals surface area contributed by atoms with E-state index in [4.69, 9.17) is 4.74 Å². The number of carbonyl (C=O) groups is 1.